The van der Waals surface area contributed by atoms with Gasteiger partial charge in [-0.15, -0.1) is 0 Å². The molecule has 4 aromatic rings. The van der Waals surface area contributed by atoms with Gasteiger partial charge in [-0.1, -0.05) is 60.7 Å². The molecule has 0 bridgehead atoms. The Labute approximate surface area is 202 Å². The number of carbonyl (C=O) groups is 1. The molecule has 0 saturated carbocycles. The number of hydrogen-bond acceptors (Lipinski definition) is 4. The van der Waals surface area contributed by atoms with Gasteiger partial charge in [0.2, 0.25) is 0 Å². The lowest BCUT2D eigenvalue weighted by Gasteiger charge is -2.17. The molecule has 1 aromatic heterocycles. The quantitative estimate of drug-likeness (QED) is 0.413. The first-order chi connectivity index (χ1) is 17.0. The Morgan fingerprint density at radius 3 is 2.11 bits per heavy atom. The number of rotatable bonds is 5. The molecule has 0 N–H and O–H groups in total. The van der Waals surface area contributed by atoms with Crippen molar-refractivity contribution in [2.75, 3.05) is 12.0 Å². The summed E-state index contributed by atoms with van der Waals surface area (Å²) in [4.78, 5) is 33.6. The number of aromatic nitrogens is 2. The Hall–Kier alpha value is -4.65. The minimum atomic E-state index is -0.356. The Bertz CT molecular complexity index is 1510. The fourth-order valence-corrected chi connectivity index (χ4v) is 4.17. The number of hydrogen-bond donors (Lipinski definition) is 0. The Balaban J connectivity index is 1.67. The second-order valence-electron chi connectivity index (χ2n) is 8.15. The van der Waals surface area contributed by atoms with Crippen LogP contribution in [0.25, 0.3) is 11.8 Å². The van der Waals surface area contributed by atoms with Gasteiger partial charge in [0, 0.05) is 12.6 Å². The molecule has 35 heavy (non-hydrogen) atoms. The zero-order valence-electron chi connectivity index (χ0n) is 19.7. The number of ether oxygens (including phenoxy) is 1. The molecule has 0 atom stereocenters. The third-order valence-corrected chi connectivity index (χ3v) is 6.06. The number of anilines is 1. The normalized spacial score (nSPS) is 14.5. The van der Waals surface area contributed by atoms with E-state index in [1.54, 1.807) is 29.6 Å². The van der Waals surface area contributed by atoms with Crippen molar-refractivity contribution in [1.29, 1.82) is 0 Å². The van der Waals surface area contributed by atoms with Gasteiger partial charge in [-0.05, 0) is 42.8 Å². The van der Waals surface area contributed by atoms with Crippen LogP contribution in [0.1, 0.15) is 16.8 Å². The minimum Gasteiger partial charge on any atom is -0.497 e. The standard InChI is InChI=1S/C28H24N4O3/c1-19-25(28(34)32(30(19)2)22-12-8-5-9-13-22)31-26(21-10-6-4-7-11-21)29-24(27(31)33)18-20-14-16-23(35-3)17-15-20/h4-18H,1-3H3. The molecule has 2 heterocycles. The number of carbonyl (C=O) groups excluding carboxylic acids is 1. The Morgan fingerprint density at radius 1 is 0.857 bits per heavy atom. The van der Waals surface area contributed by atoms with Crippen LogP contribution in [-0.2, 0) is 11.8 Å². The van der Waals surface area contributed by atoms with Gasteiger partial charge in [-0.2, -0.15) is 0 Å². The highest BCUT2D eigenvalue weighted by atomic mass is 16.5. The number of amides is 1. The van der Waals surface area contributed by atoms with E-state index in [2.05, 4.69) is 0 Å². The number of methoxy groups -OCH3 is 1. The van der Waals surface area contributed by atoms with Crippen molar-refractivity contribution < 1.29 is 9.53 Å². The number of amidine groups is 1. The third-order valence-electron chi connectivity index (χ3n) is 6.06. The van der Waals surface area contributed by atoms with Gasteiger partial charge < -0.3 is 4.74 Å². The fraction of sp³-hybridized carbons (Fsp3) is 0.107. The van der Waals surface area contributed by atoms with E-state index in [0.717, 1.165) is 16.9 Å². The van der Waals surface area contributed by atoms with Crippen LogP contribution < -0.4 is 15.2 Å². The van der Waals surface area contributed by atoms with E-state index >= 15 is 0 Å². The smallest absolute Gasteiger partial charge is 0.296 e. The average molecular weight is 465 g/mol. The predicted molar refractivity (Wildman–Crippen MR) is 137 cm³/mol. The van der Waals surface area contributed by atoms with Gasteiger partial charge in [-0.25, -0.2) is 9.67 Å². The van der Waals surface area contributed by atoms with Crippen molar-refractivity contribution >= 4 is 23.5 Å². The number of aliphatic imine (C=N–C) groups is 1. The van der Waals surface area contributed by atoms with Gasteiger partial charge in [0.15, 0.2) is 0 Å². The molecule has 0 saturated heterocycles. The topological polar surface area (TPSA) is 68.8 Å². The van der Waals surface area contributed by atoms with Crippen LogP contribution in [0.2, 0.25) is 0 Å². The van der Waals surface area contributed by atoms with Gasteiger partial charge in [-0.3, -0.25) is 19.2 Å². The van der Waals surface area contributed by atoms with Gasteiger partial charge in [0.25, 0.3) is 11.5 Å². The van der Waals surface area contributed by atoms with Crippen molar-refractivity contribution in [3.63, 3.8) is 0 Å². The molecular formula is C28H24N4O3. The van der Waals surface area contributed by atoms with E-state index in [9.17, 15) is 9.59 Å². The number of para-hydroxylation sites is 1. The molecule has 0 radical (unpaired) electrons. The lowest BCUT2D eigenvalue weighted by atomic mass is 10.1. The van der Waals surface area contributed by atoms with E-state index in [0.29, 0.717) is 17.2 Å². The van der Waals surface area contributed by atoms with Gasteiger partial charge in [0.05, 0.1) is 18.5 Å². The second kappa shape index (κ2) is 8.95. The number of benzene rings is 3. The highest BCUT2D eigenvalue weighted by molar-refractivity contribution is 6.33. The highest BCUT2D eigenvalue weighted by Crippen LogP contribution is 2.29. The molecule has 1 amide bonds. The average Bonchev–Trinajstić information content (AvgIpc) is 3.32. The summed E-state index contributed by atoms with van der Waals surface area (Å²) in [6.07, 6.45) is 1.72. The summed E-state index contributed by atoms with van der Waals surface area (Å²) in [5, 5.41) is 0. The van der Waals surface area contributed by atoms with Crippen molar-refractivity contribution in [1.82, 2.24) is 9.36 Å². The third kappa shape index (κ3) is 3.87. The zero-order chi connectivity index (χ0) is 24.5. The predicted octanol–water partition coefficient (Wildman–Crippen LogP) is 4.33. The second-order valence-corrected chi connectivity index (χ2v) is 8.15. The van der Waals surface area contributed by atoms with Gasteiger partial charge in [0.1, 0.15) is 23.0 Å². The van der Waals surface area contributed by atoms with E-state index < -0.39 is 0 Å². The molecule has 0 spiro atoms. The molecule has 7 nitrogen and oxygen atoms in total. The van der Waals surface area contributed by atoms with E-state index in [4.69, 9.17) is 9.73 Å². The maximum absolute atomic E-state index is 13.7. The summed E-state index contributed by atoms with van der Waals surface area (Å²) in [6.45, 7) is 1.83. The summed E-state index contributed by atoms with van der Waals surface area (Å²) in [5.74, 6) is 0.786. The zero-order valence-corrected chi connectivity index (χ0v) is 19.7. The number of nitrogens with zero attached hydrogens (tertiary/aromatic N) is 4. The minimum absolute atomic E-state index is 0.253. The van der Waals surface area contributed by atoms with Crippen LogP contribution in [0.4, 0.5) is 5.69 Å². The van der Waals surface area contributed by atoms with Crippen LogP contribution in [0.3, 0.4) is 0 Å². The van der Waals surface area contributed by atoms with Crippen LogP contribution in [0.5, 0.6) is 5.75 Å². The molecule has 0 aliphatic carbocycles. The van der Waals surface area contributed by atoms with Crippen LogP contribution in [-0.4, -0.2) is 28.2 Å². The van der Waals surface area contributed by atoms with E-state index in [-0.39, 0.29) is 22.9 Å². The Kier molecular flexibility index (Phi) is 5.66. The molecule has 0 fully saturated rings. The molecule has 1 aliphatic rings. The SMILES string of the molecule is COc1ccc(C=C2N=C(c3ccccc3)N(c3c(C)n(C)n(-c4ccccc4)c3=O)C2=O)cc1. The van der Waals surface area contributed by atoms with E-state index in [1.807, 2.05) is 91.9 Å². The summed E-state index contributed by atoms with van der Waals surface area (Å²) in [5.41, 5.74) is 3.16. The first kappa shape index (κ1) is 22.2. The van der Waals surface area contributed by atoms with Crippen LogP contribution in [0, 0.1) is 6.92 Å². The van der Waals surface area contributed by atoms with E-state index in [1.165, 1.54) is 4.90 Å². The molecule has 0 unspecified atom stereocenters. The molecular weight excluding hydrogens is 440 g/mol. The first-order valence-corrected chi connectivity index (χ1v) is 11.2. The molecule has 1 aliphatic heterocycles. The van der Waals surface area contributed by atoms with Crippen molar-refractivity contribution in [2.24, 2.45) is 12.0 Å². The maximum atomic E-state index is 13.7. The Morgan fingerprint density at radius 2 is 1.49 bits per heavy atom. The fourth-order valence-electron chi connectivity index (χ4n) is 4.17. The molecule has 5 rings (SSSR count). The molecule has 174 valence electrons. The lowest BCUT2D eigenvalue weighted by Crippen LogP contribution is -2.36. The van der Waals surface area contributed by atoms with Gasteiger partial charge >= 0.3 is 0 Å². The summed E-state index contributed by atoms with van der Waals surface area (Å²) < 4.78 is 8.54. The van der Waals surface area contributed by atoms with Crippen molar-refractivity contribution in [2.45, 2.75) is 6.92 Å². The van der Waals surface area contributed by atoms with Crippen molar-refractivity contribution in [3.05, 3.63) is 118 Å². The van der Waals surface area contributed by atoms with Crippen LogP contribution >= 0.6 is 0 Å². The highest BCUT2D eigenvalue weighted by Gasteiger charge is 2.37. The summed E-state index contributed by atoms with van der Waals surface area (Å²) in [6, 6.07) is 26.1. The lowest BCUT2D eigenvalue weighted by molar-refractivity contribution is -0.113. The maximum Gasteiger partial charge on any atom is 0.296 e. The summed E-state index contributed by atoms with van der Waals surface area (Å²) in [7, 11) is 3.41. The monoisotopic (exact) mass is 464 g/mol. The molecule has 7 heteroatoms. The molecule has 3 aromatic carbocycles. The summed E-state index contributed by atoms with van der Waals surface area (Å²) >= 11 is 0. The first-order valence-electron chi connectivity index (χ1n) is 11.2. The van der Waals surface area contributed by atoms with Crippen molar-refractivity contribution in [3.8, 4) is 11.4 Å². The van der Waals surface area contributed by atoms with Crippen LogP contribution in [0.15, 0.2) is 100 Å². The largest absolute Gasteiger partial charge is 0.497 e.